The number of nitrogens with zero attached hydrogens (tertiary/aromatic N) is 1. The summed E-state index contributed by atoms with van der Waals surface area (Å²) in [6.45, 7) is 1.90. The molecule has 0 aliphatic carbocycles. The molecule has 9 heteroatoms. The van der Waals surface area contributed by atoms with Crippen LogP contribution in [0, 0.1) is 10.1 Å². The van der Waals surface area contributed by atoms with E-state index in [2.05, 4.69) is 5.32 Å². The Bertz CT molecular complexity index is 884. The third-order valence-electron chi connectivity index (χ3n) is 3.97. The third-order valence-corrected chi connectivity index (χ3v) is 3.97. The van der Waals surface area contributed by atoms with E-state index in [9.17, 15) is 19.7 Å². The Balaban J connectivity index is 2.30. The van der Waals surface area contributed by atoms with Crippen LogP contribution in [0.15, 0.2) is 42.5 Å². The second-order valence-corrected chi connectivity index (χ2v) is 5.84. The lowest BCUT2D eigenvalue weighted by Gasteiger charge is -2.19. The Hall–Kier alpha value is -3.62. The lowest BCUT2D eigenvalue weighted by Crippen LogP contribution is -2.30. The molecule has 0 aromatic heterocycles. The minimum Gasteiger partial charge on any atom is -0.497 e. The number of ether oxygens (including phenoxy) is 2. The fraction of sp³-hybridized carbons (Fsp3) is 0.263. The lowest BCUT2D eigenvalue weighted by atomic mass is 10.0. The zero-order chi connectivity index (χ0) is 20.7. The van der Waals surface area contributed by atoms with E-state index in [-0.39, 0.29) is 30.0 Å². The summed E-state index contributed by atoms with van der Waals surface area (Å²) in [5.74, 6) is -0.511. The second-order valence-electron chi connectivity index (χ2n) is 5.84. The van der Waals surface area contributed by atoms with E-state index >= 15 is 0 Å². The van der Waals surface area contributed by atoms with Gasteiger partial charge in [-0.25, -0.2) is 0 Å². The summed E-state index contributed by atoms with van der Waals surface area (Å²) in [6, 6.07) is 9.94. The molecule has 1 atom stereocenters. The van der Waals surface area contributed by atoms with Gasteiger partial charge in [-0.1, -0.05) is 12.1 Å². The van der Waals surface area contributed by atoms with Gasteiger partial charge in [-0.05, 0) is 36.8 Å². The van der Waals surface area contributed by atoms with E-state index in [4.69, 9.17) is 15.2 Å². The van der Waals surface area contributed by atoms with Crippen molar-refractivity contribution in [3.05, 3.63) is 63.7 Å². The molecule has 9 nitrogen and oxygen atoms in total. The van der Waals surface area contributed by atoms with E-state index in [0.717, 1.165) is 6.07 Å². The van der Waals surface area contributed by atoms with E-state index in [1.807, 2.05) is 0 Å². The molecule has 2 aromatic rings. The Morgan fingerprint density at radius 2 is 2.00 bits per heavy atom. The van der Waals surface area contributed by atoms with E-state index < -0.39 is 22.8 Å². The summed E-state index contributed by atoms with van der Waals surface area (Å²) in [4.78, 5) is 35.0. The number of hydrogen-bond donors (Lipinski definition) is 2. The number of anilines is 1. The first-order valence-electron chi connectivity index (χ1n) is 8.50. The third kappa shape index (κ3) is 5.19. The Labute approximate surface area is 161 Å². The summed E-state index contributed by atoms with van der Waals surface area (Å²) in [5.41, 5.74) is 5.84. The summed E-state index contributed by atoms with van der Waals surface area (Å²) in [7, 11) is 1.51. The van der Waals surface area contributed by atoms with Crippen molar-refractivity contribution in [2.24, 2.45) is 0 Å². The van der Waals surface area contributed by atoms with Crippen molar-refractivity contribution >= 4 is 23.3 Å². The molecule has 0 aliphatic heterocycles. The molecule has 2 rings (SSSR count). The molecule has 148 valence electrons. The summed E-state index contributed by atoms with van der Waals surface area (Å²) in [6.07, 6.45) is -0.107. The predicted molar refractivity (Wildman–Crippen MR) is 102 cm³/mol. The van der Waals surface area contributed by atoms with Crippen molar-refractivity contribution in [2.45, 2.75) is 19.4 Å². The van der Waals surface area contributed by atoms with Crippen LogP contribution >= 0.6 is 0 Å². The largest absolute Gasteiger partial charge is 0.497 e. The first-order chi connectivity index (χ1) is 13.3. The Morgan fingerprint density at radius 3 is 2.64 bits per heavy atom. The van der Waals surface area contributed by atoms with Gasteiger partial charge in [0, 0.05) is 11.6 Å². The monoisotopic (exact) mass is 387 g/mol. The van der Waals surface area contributed by atoms with Crippen molar-refractivity contribution in [2.75, 3.05) is 19.5 Å². The predicted octanol–water partition coefficient (Wildman–Crippen LogP) is 2.61. The zero-order valence-corrected chi connectivity index (χ0v) is 15.5. The molecule has 0 fully saturated rings. The smallest absolute Gasteiger partial charge is 0.308 e. The molecule has 1 unspecified atom stereocenters. The highest BCUT2D eigenvalue weighted by molar-refractivity contribution is 5.96. The number of nitro benzene ring substituents is 1. The van der Waals surface area contributed by atoms with Crippen LogP contribution in [0.5, 0.6) is 5.75 Å². The number of nitrogens with one attached hydrogen (secondary N) is 1. The van der Waals surface area contributed by atoms with Crippen molar-refractivity contribution in [3.8, 4) is 5.75 Å². The van der Waals surface area contributed by atoms with Crippen molar-refractivity contribution < 1.29 is 24.0 Å². The van der Waals surface area contributed by atoms with Gasteiger partial charge in [0.25, 0.3) is 11.6 Å². The summed E-state index contributed by atoms with van der Waals surface area (Å²) >= 11 is 0. The molecule has 0 bridgehead atoms. The highest BCUT2D eigenvalue weighted by atomic mass is 16.6. The molecule has 0 saturated heterocycles. The maximum Gasteiger partial charge on any atom is 0.308 e. The van der Waals surface area contributed by atoms with Gasteiger partial charge in [0.1, 0.15) is 11.4 Å². The molecular weight excluding hydrogens is 366 g/mol. The van der Waals surface area contributed by atoms with Gasteiger partial charge < -0.3 is 20.5 Å². The number of carbonyl (C=O) groups is 2. The number of hydrogen-bond acceptors (Lipinski definition) is 7. The van der Waals surface area contributed by atoms with Gasteiger partial charge in [-0.2, -0.15) is 0 Å². The first kappa shape index (κ1) is 20.7. The van der Waals surface area contributed by atoms with Crippen molar-refractivity contribution in [3.63, 3.8) is 0 Å². The first-order valence-corrected chi connectivity index (χ1v) is 8.50. The number of methoxy groups -OCH3 is 1. The molecule has 0 saturated carbocycles. The number of amides is 1. The molecule has 3 N–H and O–H groups in total. The van der Waals surface area contributed by atoms with Crippen LogP contribution in [0.2, 0.25) is 0 Å². The molecular formula is C19H21N3O6. The van der Waals surface area contributed by atoms with Gasteiger partial charge in [-0.3, -0.25) is 19.7 Å². The topological polar surface area (TPSA) is 134 Å². The molecule has 0 radical (unpaired) electrons. The minimum atomic E-state index is -0.710. The Morgan fingerprint density at radius 1 is 1.25 bits per heavy atom. The number of benzene rings is 2. The van der Waals surface area contributed by atoms with Gasteiger partial charge in [-0.15, -0.1) is 0 Å². The van der Waals surface area contributed by atoms with Gasteiger partial charge in [0.15, 0.2) is 0 Å². The van der Waals surface area contributed by atoms with Crippen LogP contribution in [0.3, 0.4) is 0 Å². The number of rotatable bonds is 8. The number of nitrogen functional groups attached to an aromatic ring is 1. The molecule has 0 heterocycles. The average molecular weight is 387 g/mol. The molecule has 28 heavy (non-hydrogen) atoms. The lowest BCUT2D eigenvalue weighted by molar-refractivity contribution is -0.383. The standard InChI is InChI=1S/C19H21N3O6/c1-3-28-18(23)11-16(12-5-4-6-14(9-12)27-2)21-19(24)13-7-8-15(20)17(10-13)22(25)26/h4-10,16H,3,11,20H2,1-2H3,(H,21,24). The van der Waals surface area contributed by atoms with Crippen molar-refractivity contribution in [1.29, 1.82) is 0 Å². The average Bonchev–Trinajstić information content (AvgIpc) is 2.67. The second kappa shape index (κ2) is 9.36. The van der Waals surface area contributed by atoms with E-state index in [1.165, 1.54) is 19.2 Å². The van der Waals surface area contributed by atoms with Gasteiger partial charge in [0.2, 0.25) is 0 Å². The number of esters is 1. The van der Waals surface area contributed by atoms with Gasteiger partial charge in [0.05, 0.1) is 31.1 Å². The molecule has 0 aliphatic rings. The summed E-state index contributed by atoms with van der Waals surface area (Å²) in [5, 5.41) is 13.8. The fourth-order valence-electron chi connectivity index (χ4n) is 2.58. The normalized spacial score (nSPS) is 11.4. The summed E-state index contributed by atoms with van der Waals surface area (Å²) < 4.78 is 10.2. The number of nitro groups is 1. The zero-order valence-electron chi connectivity index (χ0n) is 15.5. The van der Waals surface area contributed by atoms with Crippen LogP contribution in [0.1, 0.15) is 35.3 Å². The van der Waals surface area contributed by atoms with Crippen LogP contribution < -0.4 is 15.8 Å². The van der Waals surface area contributed by atoms with Crippen LogP contribution in [0.25, 0.3) is 0 Å². The van der Waals surface area contributed by atoms with Gasteiger partial charge >= 0.3 is 5.97 Å². The van der Waals surface area contributed by atoms with Crippen molar-refractivity contribution in [1.82, 2.24) is 5.32 Å². The molecule has 2 aromatic carbocycles. The Kier molecular flexibility index (Phi) is 6.91. The highest BCUT2D eigenvalue weighted by Gasteiger charge is 2.22. The maximum atomic E-state index is 12.7. The van der Waals surface area contributed by atoms with Crippen LogP contribution in [-0.2, 0) is 9.53 Å². The van der Waals surface area contributed by atoms with Crippen LogP contribution in [0.4, 0.5) is 11.4 Å². The highest BCUT2D eigenvalue weighted by Crippen LogP contribution is 2.25. The minimum absolute atomic E-state index is 0.0441. The maximum absolute atomic E-state index is 12.7. The quantitative estimate of drug-likeness (QED) is 0.308. The SMILES string of the molecule is CCOC(=O)CC(NC(=O)c1ccc(N)c([N+](=O)[O-])c1)c1cccc(OC)c1. The molecule has 1 amide bonds. The van der Waals surface area contributed by atoms with E-state index in [0.29, 0.717) is 11.3 Å². The van der Waals surface area contributed by atoms with E-state index in [1.54, 1.807) is 31.2 Å². The number of nitrogens with two attached hydrogens (primary N) is 1. The van der Waals surface area contributed by atoms with Crippen LogP contribution in [-0.4, -0.2) is 30.5 Å². The molecule has 0 spiro atoms. The number of carbonyl (C=O) groups excluding carboxylic acids is 2. The fourth-order valence-corrected chi connectivity index (χ4v) is 2.58.